The van der Waals surface area contributed by atoms with Crippen LogP contribution in [0, 0.1) is 0 Å². The molecule has 1 aromatic heterocycles. The molecule has 168 valence electrons. The molecule has 4 rings (SSSR count). The van der Waals surface area contributed by atoms with E-state index in [2.05, 4.69) is 0 Å². The highest BCUT2D eigenvalue weighted by Gasteiger charge is 2.20. The summed E-state index contributed by atoms with van der Waals surface area (Å²) in [6, 6.07) is 26.6. The van der Waals surface area contributed by atoms with Gasteiger partial charge in [0.1, 0.15) is 31.2 Å². The van der Waals surface area contributed by atoms with Crippen molar-refractivity contribution in [2.45, 2.75) is 26.7 Å². The van der Waals surface area contributed by atoms with E-state index in [0.29, 0.717) is 18.1 Å². The van der Waals surface area contributed by atoms with Crippen molar-refractivity contribution in [1.29, 1.82) is 0 Å². The average Bonchev–Trinajstić information content (AvgIpc) is 3.20. The molecule has 4 aromatic rings. The number of rotatable bonds is 9. The Morgan fingerprint density at radius 2 is 1.45 bits per heavy atom. The van der Waals surface area contributed by atoms with Gasteiger partial charge < -0.3 is 18.8 Å². The Kier molecular flexibility index (Phi) is 7.05. The fourth-order valence-electron chi connectivity index (χ4n) is 3.54. The number of fused-ring (bicyclic) bond motifs is 1. The zero-order valence-electron chi connectivity index (χ0n) is 18.4. The largest absolute Gasteiger partial charge is 0.489 e. The van der Waals surface area contributed by atoms with Gasteiger partial charge in [-0.05, 0) is 42.3 Å². The predicted octanol–water partition coefficient (Wildman–Crippen LogP) is 5.14. The Morgan fingerprint density at radius 1 is 0.788 bits per heavy atom. The first kappa shape index (κ1) is 22.1. The molecule has 0 amide bonds. The molecule has 0 spiro atoms. The lowest BCUT2D eigenvalue weighted by molar-refractivity contribution is -0.145. The molecule has 33 heavy (non-hydrogen) atoms. The summed E-state index contributed by atoms with van der Waals surface area (Å²) in [5, 5.41) is 0.777. The highest BCUT2D eigenvalue weighted by atomic mass is 16.5. The molecular formula is C27H25NO5. The molecule has 0 bridgehead atoms. The van der Waals surface area contributed by atoms with Gasteiger partial charge in [-0.1, -0.05) is 60.7 Å². The Balaban J connectivity index is 1.54. The van der Waals surface area contributed by atoms with Gasteiger partial charge in [-0.2, -0.15) is 0 Å². The number of benzene rings is 3. The second-order valence-corrected chi connectivity index (χ2v) is 7.48. The third-order valence-corrected chi connectivity index (χ3v) is 5.14. The Labute approximate surface area is 192 Å². The normalized spacial score (nSPS) is 10.7. The summed E-state index contributed by atoms with van der Waals surface area (Å²) in [5.74, 6) is -0.256. The summed E-state index contributed by atoms with van der Waals surface area (Å²) in [6.07, 6.45) is 0. The van der Waals surface area contributed by atoms with Crippen molar-refractivity contribution in [2.24, 2.45) is 0 Å². The standard InChI is InChI=1S/C27H25NO5/c1-2-31-27(30)25-16-22-15-23(32-18-20-9-5-3-6-10-20)13-14-24(22)28(25)17-26(29)33-19-21-11-7-4-8-12-21/h3-16H,2,17-19H2,1H3. The minimum absolute atomic E-state index is 0.102. The van der Waals surface area contributed by atoms with Crippen LogP contribution in [0.2, 0.25) is 0 Å². The number of hydrogen-bond donors (Lipinski definition) is 0. The van der Waals surface area contributed by atoms with Crippen molar-refractivity contribution in [3.8, 4) is 5.75 Å². The van der Waals surface area contributed by atoms with Crippen molar-refractivity contribution in [1.82, 2.24) is 4.57 Å². The van der Waals surface area contributed by atoms with Gasteiger partial charge in [0.2, 0.25) is 0 Å². The van der Waals surface area contributed by atoms with Crippen molar-refractivity contribution in [3.05, 3.63) is 102 Å². The van der Waals surface area contributed by atoms with E-state index < -0.39 is 11.9 Å². The number of ether oxygens (including phenoxy) is 3. The molecule has 0 aliphatic carbocycles. The molecule has 0 radical (unpaired) electrons. The van der Waals surface area contributed by atoms with Crippen LogP contribution in [0.15, 0.2) is 84.9 Å². The third kappa shape index (κ3) is 5.60. The monoisotopic (exact) mass is 443 g/mol. The Morgan fingerprint density at radius 3 is 2.12 bits per heavy atom. The summed E-state index contributed by atoms with van der Waals surface area (Å²) in [5.41, 5.74) is 2.98. The van der Waals surface area contributed by atoms with Gasteiger partial charge in [-0.3, -0.25) is 4.79 Å². The summed E-state index contributed by atoms with van der Waals surface area (Å²) in [7, 11) is 0. The van der Waals surface area contributed by atoms with Gasteiger partial charge in [0.05, 0.1) is 6.61 Å². The molecule has 0 saturated carbocycles. The first-order valence-electron chi connectivity index (χ1n) is 10.8. The number of aromatic nitrogens is 1. The summed E-state index contributed by atoms with van der Waals surface area (Å²) in [6.45, 7) is 2.49. The molecule has 1 heterocycles. The molecule has 0 N–H and O–H groups in total. The zero-order chi connectivity index (χ0) is 23.0. The van der Waals surface area contributed by atoms with E-state index in [0.717, 1.165) is 22.0 Å². The van der Waals surface area contributed by atoms with Gasteiger partial charge in [-0.25, -0.2) is 4.79 Å². The topological polar surface area (TPSA) is 66.8 Å². The summed E-state index contributed by atoms with van der Waals surface area (Å²) < 4.78 is 18.2. The zero-order valence-corrected chi connectivity index (χ0v) is 18.4. The fraction of sp³-hybridized carbons (Fsp3) is 0.185. The van der Waals surface area contributed by atoms with Crippen LogP contribution in [0.25, 0.3) is 10.9 Å². The lowest BCUT2D eigenvalue weighted by Crippen LogP contribution is -2.18. The molecule has 0 saturated heterocycles. The van der Waals surface area contributed by atoms with E-state index in [9.17, 15) is 9.59 Å². The van der Waals surface area contributed by atoms with Crippen LogP contribution in [0.3, 0.4) is 0 Å². The lowest BCUT2D eigenvalue weighted by Gasteiger charge is -2.11. The van der Waals surface area contributed by atoms with E-state index in [1.807, 2.05) is 78.9 Å². The van der Waals surface area contributed by atoms with Crippen molar-refractivity contribution in [3.63, 3.8) is 0 Å². The minimum atomic E-state index is -0.490. The minimum Gasteiger partial charge on any atom is -0.489 e. The highest BCUT2D eigenvalue weighted by molar-refractivity contribution is 5.97. The second-order valence-electron chi connectivity index (χ2n) is 7.48. The highest BCUT2D eigenvalue weighted by Crippen LogP contribution is 2.26. The number of nitrogens with zero attached hydrogens (tertiary/aromatic N) is 1. The van der Waals surface area contributed by atoms with Crippen molar-refractivity contribution in [2.75, 3.05) is 6.61 Å². The smallest absolute Gasteiger partial charge is 0.354 e. The number of carbonyl (C=O) groups excluding carboxylic acids is 2. The van der Waals surface area contributed by atoms with Gasteiger partial charge >= 0.3 is 11.9 Å². The van der Waals surface area contributed by atoms with Crippen LogP contribution in [0.5, 0.6) is 5.75 Å². The number of carbonyl (C=O) groups is 2. The fourth-order valence-corrected chi connectivity index (χ4v) is 3.54. The van der Waals surface area contributed by atoms with Crippen LogP contribution in [0.1, 0.15) is 28.5 Å². The van der Waals surface area contributed by atoms with Gasteiger partial charge in [0.15, 0.2) is 0 Å². The first-order chi connectivity index (χ1) is 16.1. The average molecular weight is 443 g/mol. The van der Waals surface area contributed by atoms with E-state index in [-0.39, 0.29) is 19.8 Å². The van der Waals surface area contributed by atoms with Crippen molar-refractivity contribution >= 4 is 22.8 Å². The maximum absolute atomic E-state index is 12.6. The van der Waals surface area contributed by atoms with Crippen LogP contribution >= 0.6 is 0 Å². The maximum Gasteiger partial charge on any atom is 0.354 e. The summed E-state index contributed by atoms with van der Waals surface area (Å²) in [4.78, 5) is 25.1. The van der Waals surface area contributed by atoms with Crippen LogP contribution in [-0.4, -0.2) is 23.1 Å². The number of hydrogen-bond acceptors (Lipinski definition) is 5. The molecule has 0 unspecified atom stereocenters. The van der Waals surface area contributed by atoms with Gasteiger partial charge in [-0.15, -0.1) is 0 Å². The molecule has 0 aliphatic heterocycles. The van der Waals surface area contributed by atoms with Crippen LogP contribution < -0.4 is 4.74 Å². The predicted molar refractivity (Wildman–Crippen MR) is 125 cm³/mol. The van der Waals surface area contributed by atoms with Gasteiger partial charge in [0.25, 0.3) is 0 Å². The van der Waals surface area contributed by atoms with E-state index in [4.69, 9.17) is 14.2 Å². The SMILES string of the molecule is CCOC(=O)c1cc2cc(OCc3ccccc3)ccc2n1CC(=O)OCc1ccccc1. The van der Waals surface area contributed by atoms with Crippen molar-refractivity contribution < 1.29 is 23.8 Å². The van der Waals surface area contributed by atoms with Crippen LogP contribution in [-0.2, 0) is 34.0 Å². The lowest BCUT2D eigenvalue weighted by atomic mass is 10.2. The van der Waals surface area contributed by atoms with E-state index >= 15 is 0 Å². The first-order valence-corrected chi connectivity index (χ1v) is 10.8. The van der Waals surface area contributed by atoms with E-state index in [1.165, 1.54) is 0 Å². The van der Waals surface area contributed by atoms with Gasteiger partial charge in [0, 0.05) is 10.9 Å². The third-order valence-electron chi connectivity index (χ3n) is 5.14. The molecule has 0 atom stereocenters. The molecule has 6 nitrogen and oxygen atoms in total. The number of esters is 2. The Hall–Kier alpha value is -4.06. The van der Waals surface area contributed by atoms with Crippen LogP contribution in [0.4, 0.5) is 0 Å². The molecule has 6 heteroatoms. The second kappa shape index (κ2) is 10.5. The molecule has 0 aliphatic rings. The summed E-state index contributed by atoms with van der Waals surface area (Å²) >= 11 is 0. The molecule has 3 aromatic carbocycles. The Bertz CT molecular complexity index is 1230. The molecule has 0 fully saturated rings. The molecular weight excluding hydrogens is 418 g/mol. The maximum atomic E-state index is 12.6. The quantitative estimate of drug-likeness (QED) is 0.335. The van der Waals surface area contributed by atoms with E-state index in [1.54, 1.807) is 17.6 Å².